The molecule has 0 radical (unpaired) electrons. The molecule has 0 aliphatic carbocycles. The third-order valence-corrected chi connectivity index (χ3v) is 17.7. The predicted molar refractivity (Wildman–Crippen MR) is 490 cm³/mol. The van der Waals surface area contributed by atoms with Crippen LogP contribution in [0.25, 0.3) is 22.6 Å². The molecule has 0 atom stereocenters. The molecule has 10 aromatic heterocycles. The van der Waals surface area contributed by atoms with Crippen molar-refractivity contribution in [1.82, 2.24) is 79.0 Å². The summed E-state index contributed by atoms with van der Waals surface area (Å²) < 4.78 is 259. The Hall–Kier alpha value is -8.09. The Kier molecular flexibility index (Phi) is 62.7. The number of Topliss-reactive ketones (excluding diaryl/α,β-unsaturated/α-hetero) is 1. The maximum atomic E-state index is 14.3. The van der Waals surface area contributed by atoms with Crippen molar-refractivity contribution in [2.24, 2.45) is 5.84 Å². The average molecular weight is 2190 g/mol. The van der Waals surface area contributed by atoms with E-state index < -0.39 is 112 Å². The van der Waals surface area contributed by atoms with Crippen molar-refractivity contribution < 1.29 is 158 Å². The molecule has 0 unspecified atom stereocenters. The minimum Gasteiger partial charge on any atom is -1.00 e. The van der Waals surface area contributed by atoms with Gasteiger partial charge in [-0.1, -0.05) is 93.7 Å². The molecule has 0 saturated carbocycles. The number of rotatable bonds is 22. The van der Waals surface area contributed by atoms with Crippen LogP contribution in [-0.2, 0) is 46.3 Å². The molecule has 11 rings (SSSR count). The largest absolute Gasteiger partial charge is 1.00 e. The number of hydrazine groups is 1. The van der Waals surface area contributed by atoms with Gasteiger partial charge >= 0.3 is 61.4 Å². The molecule has 0 aromatic carbocycles. The van der Waals surface area contributed by atoms with E-state index in [0.29, 0.717) is 106 Å². The van der Waals surface area contributed by atoms with E-state index in [1.807, 2.05) is 48.5 Å². The maximum Gasteiger partial charge on any atom is 1.00 e. The number of carbonyl (C=O) groups is 2. The number of nitrogens with two attached hydrogens (primary N) is 1. The monoisotopic (exact) mass is 2180 g/mol. The summed E-state index contributed by atoms with van der Waals surface area (Å²) >= 11 is 27.4. The molecule has 1 aliphatic heterocycles. The molecular formula is C81H114BBr2Cl4F17N19NaO11. The Labute approximate surface area is 839 Å². The van der Waals surface area contributed by atoms with E-state index >= 15 is 0 Å². The first-order valence-electron chi connectivity index (χ1n) is 36.6. The van der Waals surface area contributed by atoms with Crippen LogP contribution in [0.15, 0.2) is 108 Å². The van der Waals surface area contributed by atoms with Crippen molar-refractivity contribution in [2.45, 2.75) is 241 Å². The fourth-order valence-corrected chi connectivity index (χ4v) is 8.64. The summed E-state index contributed by atoms with van der Waals surface area (Å²) in [5.74, 6) is 0.0919. The maximum absolute atomic E-state index is 14.3. The summed E-state index contributed by atoms with van der Waals surface area (Å²) in [6.07, 6.45) is -1.30. The standard InChI is InChI=1S/C17H17F4N5O2.C15H20BF4NO3.C9H8BrF4NO.C9H12ClN3O2.C8H9ClN4O.C5H2BrF2N.C4H5ClN4.C4H7F3O.C3H5ClO.7CH4.Na.H/c1-4-27-9-14-25-24-13-7-22-12(8-26(13)14)10-5-11(18)15(23-6-10)28-16(2,3)17(19,20)21;1-12(2)13(3,4)24-16(23-12)9-7-10(17)11(21-8-9)22-14(5,6)15(18,19)20;1-8(2,9(12,13)14)16-7-6(11)3-5(10)4-15-7;1-2-15-6-7(14)3-12-9-5-11-8(10)4-13-9;1-2-14-5-8-12-11-7-3-10-6(9)4-13(7)8;6-3-1-4(7)5(8)9-2-3;5-3-1-8-4(9-6)2-7-3;1-3(2,8)4(5,6)7;1-2-3(4)5;;;;;;;;;/h5-8H,4,9H2,1-3H3;7-8H,1-6H3;3-4H,1-2H3;4-5H,2-3,6H2,1H3,(H,12,13);3-4H,2,5H2,1H3;1-2H;1-2H,6H2,(H,8,9);8H,1-2H3;2H2,1H3;7*1H4;;/q;;;;;;;;;;;;;;;;+1;-1. The molecule has 5 N–H and O–H groups in total. The van der Waals surface area contributed by atoms with Gasteiger partial charge in [0.2, 0.25) is 11.2 Å². The number of halogens is 23. The number of hydrogen-bond acceptors (Lipinski definition) is 28. The number of nitrogens with one attached hydrogen (secondary N) is 2. The van der Waals surface area contributed by atoms with E-state index in [9.17, 15) is 84.2 Å². The normalized spacial score (nSPS) is 12.3. The molecule has 136 heavy (non-hydrogen) atoms. The van der Waals surface area contributed by atoms with Crippen molar-refractivity contribution in [3.8, 4) is 28.9 Å². The van der Waals surface area contributed by atoms with Crippen LogP contribution < -0.4 is 65.8 Å². The molecule has 764 valence electrons. The third kappa shape index (κ3) is 45.9. The van der Waals surface area contributed by atoms with Gasteiger partial charge in [-0.05, 0) is 172 Å². The van der Waals surface area contributed by atoms with Gasteiger partial charge in [-0.15, -0.1) is 20.4 Å². The molecule has 30 nitrogen and oxygen atoms in total. The van der Waals surface area contributed by atoms with Gasteiger partial charge in [-0.3, -0.25) is 23.4 Å². The minimum absolute atomic E-state index is 0. The quantitative estimate of drug-likeness (QED) is 0.0122. The molecule has 11 heterocycles. The van der Waals surface area contributed by atoms with Gasteiger partial charge < -0.3 is 55.0 Å². The van der Waals surface area contributed by atoms with Crippen LogP contribution in [0.2, 0.25) is 15.5 Å². The zero-order valence-corrected chi connectivity index (χ0v) is 79.6. The minimum atomic E-state index is -4.68. The van der Waals surface area contributed by atoms with Crippen molar-refractivity contribution >= 4 is 125 Å². The second-order valence-corrected chi connectivity index (χ2v) is 31.6. The molecule has 1 saturated heterocycles. The first-order valence-corrected chi connectivity index (χ1v) is 39.7. The fourth-order valence-electron chi connectivity index (χ4n) is 7.69. The number of pyridine rings is 4. The van der Waals surface area contributed by atoms with Crippen LogP contribution >= 0.6 is 78.3 Å². The number of carbonyl (C=O) groups excluding carboxylic acids is 2. The summed E-state index contributed by atoms with van der Waals surface area (Å²) in [4.78, 5) is 57.9. The van der Waals surface area contributed by atoms with E-state index in [0.717, 1.165) is 77.8 Å². The van der Waals surface area contributed by atoms with Crippen molar-refractivity contribution in [1.29, 1.82) is 0 Å². The Bertz CT molecular complexity index is 5150. The van der Waals surface area contributed by atoms with Crippen molar-refractivity contribution in [2.75, 3.05) is 43.7 Å². The molecule has 1 fully saturated rings. The zero-order chi connectivity index (χ0) is 97.5. The van der Waals surface area contributed by atoms with Gasteiger partial charge in [0, 0.05) is 83.4 Å². The third-order valence-electron chi connectivity index (χ3n) is 16.0. The second kappa shape index (κ2) is 61.5. The van der Waals surface area contributed by atoms with Crippen LogP contribution in [0.1, 0.15) is 182 Å². The topological polar surface area (TPSA) is 368 Å². The van der Waals surface area contributed by atoms with E-state index in [4.69, 9.17) is 90.3 Å². The summed E-state index contributed by atoms with van der Waals surface area (Å²) in [5, 5.41) is 27.7. The smallest absolute Gasteiger partial charge is 1.00 e. The van der Waals surface area contributed by atoms with Crippen molar-refractivity contribution in [3.63, 3.8) is 0 Å². The first kappa shape index (κ1) is 139. The Balaban J connectivity index is -0.000000286. The van der Waals surface area contributed by atoms with E-state index in [-0.39, 0.29) is 125 Å². The van der Waals surface area contributed by atoms with Gasteiger partial charge in [0.05, 0.1) is 60.6 Å². The summed E-state index contributed by atoms with van der Waals surface area (Å²) in [6.45, 7) is 23.5. The summed E-state index contributed by atoms with van der Waals surface area (Å²) in [5.41, 5.74) is -7.13. The van der Waals surface area contributed by atoms with Crippen LogP contribution in [0, 0.1) is 29.2 Å². The first-order chi connectivity index (χ1) is 59.0. The van der Waals surface area contributed by atoms with Crippen LogP contribution in [-0.4, -0.2) is 194 Å². The van der Waals surface area contributed by atoms with Crippen LogP contribution in [0.4, 0.5) is 86.3 Å². The van der Waals surface area contributed by atoms with Crippen molar-refractivity contribution in [3.05, 3.63) is 164 Å². The molecule has 1 aliphatic rings. The Morgan fingerprint density at radius 3 is 1.21 bits per heavy atom. The van der Waals surface area contributed by atoms with Gasteiger partial charge in [0.25, 0.3) is 17.6 Å². The molecule has 0 spiro atoms. The number of aliphatic hydroxyl groups is 1. The number of nitrogens with zero attached hydrogens (tertiary/aromatic N) is 16. The number of alkyl halides is 12. The fraction of sp³-hybridized carbons (Fsp3) is 0.506. The SMILES string of the molecule is C.C.C.C.C.C.C.CC(C)(O)C(F)(F)F.CC(C)(Oc1ncc(B2OC(C)(C)C(C)(C)O2)cc1F)C(F)(F)F.CC(C)(Oc1ncc(Br)cc1F)C(F)(F)F.CCC(=O)Cl.CCOCC(=O)CNc1cnc(Cl)cn1.CCOCc1nnc2cnc(-c3cnc(OC(C)(C)C(F)(F)F)c(F)c3)cn12.CCOCc1nnc2cnc(Cl)cn12.Fc1cc(Br)cnc1F.NNc1cnc(Cl)cn1.[H-].[Na+]. The van der Waals surface area contributed by atoms with Gasteiger partial charge in [-0.2, -0.15) is 57.1 Å². The number of aromatic nitrogens is 16. The molecule has 55 heteroatoms. The van der Waals surface area contributed by atoms with E-state index in [1.165, 1.54) is 49.6 Å². The molecule has 10 aromatic rings. The second-order valence-electron chi connectivity index (χ2n) is 28.2. The summed E-state index contributed by atoms with van der Waals surface area (Å²) in [7, 11) is -0.860. The van der Waals surface area contributed by atoms with Gasteiger partial charge in [0.15, 0.2) is 80.2 Å². The molecular weight excluding hydrogens is 2070 g/mol. The number of ether oxygens (including phenoxy) is 6. The number of hydrogen-bond donors (Lipinski definition) is 4. The number of anilines is 2. The molecule has 0 amide bonds. The number of ketones is 1. The average Bonchev–Trinajstić information content (AvgIpc) is 1.59. The van der Waals surface area contributed by atoms with Gasteiger partial charge in [0.1, 0.15) is 41.1 Å². The molecule has 0 bridgehead atoms. The van der Waals surface area contributed by atoms with Crippen LogP contribution in [0.3, 0.4) is 0 Å². The Morgan fingerprint density at radius 1 is 0.493 bits per heavy atom. The Morgan fingerprint density at radius 2 is 0.860 bits per heavy atom. The number of nitrogen functional groups attached to an aromatic ring is 1. The van der Waals surface area contributed by atoms with E-state index in [2.05, 4.69) is 118 Å². The predicted octanol–water partition coefficient (Wildman–Crippen LogP) is 19.6. The van der Waals surface area contributed by atoms with Gasteiger partial charge in [-0.25, -0.2) is 68.3 Å². The zero-order valence-electron chi connectivity index (χ0n) is 72.4. The summed E-state index contributed by atoms with van der Waals surface area (Å²) in [6, 6.07) is 4.02. The van der Waals surface area contributed by atoms with Crippen LogP contribution in [0.5, 0.6) is 17.6 Å². The number of fused-ring (bicyclic) bond motifs is 2. The van der Waals surface area contributed by atoms with E-state index in [1.54, 1.807) is 34.3 Å².